The summed E-state index contributed by atoms with van der Waals surface area (Å²) >= 11 is 1.72. The van der Waals surface area contributed by atoms with E-state index in [4.69, 9.17) is 4.42 Å². The third-order valence-corrected chi connectivity index (χ3v) is 3.61. The van der Waals surface area contributed by atoms with Gasteiger partial charge in [0.1, 0.15) is 5.76 Å². The Morgan fingerprint density at radius 2 is 2.44 bits per heavy atom. The average Bonchev–Trinajstić information content (AvgIpc) is 2.90. The number of aryl methyl sites for hydroxylation is 1. The van der Waals surface area contributed by atoms with Crippen molar-refractivity contribution in [2.24, 2.45) is 0 Å². The first kappa shape index (κ1) is 11.4. The Balaban J connectivity index is 1.78. The van der Waals surface area contributed by atoms with Crippen molar-refractivity contribution in [3.63, 3.8) is 0 Å². The second-order valence-electron chi connectivity index (χ2n) is 3.80. The molecule has 2 aromatic rings. The van der Waals surface area contributed by atoms with E-state index in [-0.39, 0.29) is 6.04 Å². The summed E-state index contributed by atoms with van der Waals surface area (Å²) in [6, 6.07) is 4.18. The number of hydrogen-bond acceptors (Lipinski definition) is 4. The molecule has 0 aliphatic heterocycles. The first-order chi connectivity index (χ1) is 7.77. The van der Waals surface area contributed by atoms with E-state index >= 15 is 0 Å². The molecule has 0 aliphatic rings. The highest BCUT2D eigenvalue weighted by atomic mass is 32.1. The number of hydrogen-bond donors (Lipinski definition) is 1. The number of rotatable bonds is 5. The van der Waals surface area contributed by atoms with Crippen molar-refractivity contribution < 1.29 is 4.42 Å². The van der Waals surface area contributed by atoms with Gasteiger partial charge in [-0.15, -0.1) is 11.3 Å². The van der Waals surface area contributed by atoms with Crippen molar-refractivity contribution in [3.05, 3.63) is 40.2 Å². The summed E-state index contributed by atoms with van der Waals surface area (Å²) in [4.78, 5) is 5.60. The molecule has 0 radical (unpaired) electrons. The van der Waals surface area contributed by atoms with Gasteiger partial charge in [0.2, 0.25) is 0 Å². The summed E-state index contributed by atoms with van der Waals surface area (Å²) in [5.74, 6) is 0.987. The smallest absolute Gasteiger partial charge is 0.120 e. The Morgan fingerprint density at radius 1 is 1.56 bits per heavy atom. The molecule has 0 aliphatic carbocycles. The zero-order valence-corrected chi connectivity index (χ0v) is 10.4. The van der Waals surface area contributed by atoms with E-state index in [1.807, 2.05) is 17.6 Å². The van der Waals surface area contributed by atoms with Crippen LogP contribution in [0.4, 0.5) is 0 Å². The van der Waals surface area contributed by atoms with E-state index in [9.17, 15) is 0 Å². The predicted octanol–water partition coefficient (Wildman–Crippen LogP) is 2.94. The van der Waals surface area contributed by atoms with Gasteiger partial charge >= 0.3 is 0 Å². The van der Waals surface area contributed by atoms with Crippen molar-refractivity contribution in [3.8, 4) is 0 Å². The van der Waals surface area contributed by atoms with E-state index in [1.54, 1.807) is 17.6 Å². The van der Waals surface area contributed by atoms with Crippen LogP contribution < -0.4 is 5.32 Å². The molecule has 0 spiro atoms. The molecule has 1 atom stereocenters. The Morgan fingerprint density at radius 3 is 3.06 bits per heavy atom. The van der Waals surface area contributed by atoms with Gasteiger partial charge in [0, 0.05) is 11.4 Å². The van der Waals surface area contributed by atoms with E-state index < -0.39 is 0 Å². The fourth-order valence-corrected chi connectivity index (χ4v) is 2.39. The predicted molar refractivity (Wildman–Crippen MR) is 65.7 cm³/mol. The van der Waals surface area contributed by atoms with Crippen molar-refractivity contribution in [1.29, 1.82) is 0 Å². The Hall–Kier alpha value is -1.13. The van der Waals surface area contributed by atoms with Gasteiger partial charge in [0.15, 0.2) is 0 Å². The van der Waals surface area contributed by atoms with Crippen molar-refractivity contribution in [2.75, 3.05) is 6.54 Å². The lowest BCUT2D eigenvalue weighted by Gasteiger charge is -2.10. The molecule has 0 fully saturated rings. The average molecular weight is 236 g/mol. The normalized spacial score (nSPS) is 12.9. The Labute approximate surface area is 99.5 Å². The summed E-state index contributed by atoms with van der Waals surface area (Å²) in [5, 5.41) is 3.44. The molecule has 0 saturated heterocycles. The van der Waals surface area contributed by atoms with Crippen LogP contribution >= 0.6 is 11.3 Å². The minimum atomic E-state index is 0.267. The molecule has 1 N–H and O–H groups in total. The van der Waals surface area contributed by atoms with Crippen molar-refractivity contribution >= 4 is 11.3 Å². The molecule has 0 aromatic carbocycles. The van der Waals surface area contributed by atoms with E-state index in [1.165, 1.54) is 4.88 Å². The van der Waals surface area contributed by atoms with Crippen molar-refractivity contribution in [2.45, 2.75) is 26.3 Å². The zero-order chi connectivity index (χ0) is 11.4. The lowest BCUT2D eigenvalue weighted by molar-refractivity contribution is 0.433. The van der Waals surface area contributed by atoms with E-state index in [0.29, 0.717) is 0 Å². The van der Waals surface area contributed by atoms with Gasteiger partial charge in [-0.3, -0.25) is 0 Å². The van der Waals surface area contributed by atoms with Crippen LogP contribution in [0.15, 0.2) is 28.3 Å². The third kappa shape index (κ3) is 2.71. The molecule has 2 aromatic heterocycles. The number of nitrogens with zero attached hydrogens (tertiary/aromatic N) is 1. The monoisotopic (exact) mass is 236 g/mol. The highest BCUT2D eigenvalue weighted by Crippen LogP contribution is 2.14. The second kappa shape index (κ2) is 5.27. The van der Waals surface area contributed by atoms with Crippen LogP contribution in [0.25, 0.3) is 0 Å². The number of thiazole rings is 1. The molecule has 2 heterocycles. The maximum Gasteiger partial charge on any atom is 0.120 e. The minimum Gasteiger partial charge on any atom is -0.468 e. The molecule has 86 valence electrons. The van der Waals surface area contributed by atoms with Gasteiger partial charge in [0.05, 0.1) is 23.5 Å². The van der Waals surface area contributed by atoms with Crippen LogP contribution in [-0.2, 0) is 6.42 Å². The van der Waals surface area contributed by atoms with Gasteiger partial charge in [0.25, 0.3) is 0 Å². The zero-order valence-electron chi connectivity index (χ0n) is 9.56. The molecular weight excluding hydrogens is 220 g/mol. The highest BCUT2D eigenvalue weighted by Gasteiger charge is 2.07. The van der Waals surface area contributed by atoms with Gasteiger partial charge in [-0.2, -0.15) is 0 Å². The molecule has 16 heavy (non-hydrogen) atoms. The third-order valence-electron chi connectivity index (χ3n) is 2.62. The largest absolute Gasteiger partial charge is 0.468 e. The first-order valence-electron chi connectivity index (χ1n) is 5.43. The Bertz CT molecular complexity index is 422. The minimum absolute atomic E-state index is 0.267. The van der Waals surface area contributed by atoms with Gasteiger partial charge in [-0.1, -0.05) is 0 Å². The van der Waals surface area contributed by atoms with Crippen LogP contribution in [0.2, 0.25) is 0 Å². The quantitative estimate of drug-likeness (QED) is 0.867. The van der Waals surface area contributed by atoms with Crippen molar-refractivity contribution in [1.82, 2.24) is 10.3 Å². The first-order valence-corrected chi connectivity index (χ1v) is 6.31. The van der Waals surface area contributed by atoms with Crippen LogP contribution in [0.3, 0.4) is 0 Å². The molecule has 1 unspecified atom stereocenters. The second-order valence-corrected chi connectivity index (χ2v) is 4.74. The Kier molecular flexibility index (Phi) is 3.74. The highest BCUT2D eigenvalue weighted by molar-refractivity contribution is 7.09. The topological polar surface area (TPSA) is 38.1 Å². The van der Waals surface area contributed by atoms with E-state index in [0.717, 1.165) is 24.4 Å². The van der Waals surface area contributed by atoms with Gasteiger partial charge in [-0.05, 0) is 32.4 Å². The molecule has 0 saturated carbocycles. The molecule has 0 amide bonds. The number of aromatic nitrogens is 1. The van der Waals surface area contributed by atoms with E-state index in [2.05, 4.69) is 24.1 Å². The summed E-state index contributed by atoms with van der Waals surface area (Å²) in [7, 11) is 0. The lowest BCUT2D eigenvalue weighted by atomic mass is 10.2. The molecule has 0 bridgehead atoms. The standard InChI is InChI=1S/C12H16N2OS/c1-9(11-4-3-7-15-11)13-6-5-12-10(2)14-8-16-12/h3-4,7-9,13H,5-6H2,1-2H3. The summed E-state index contributed by atoms with van der Waals surface area (Å²) in [6.45, 7) is 5.12. The maximum absolute atomic E-state index is 5.33. The molecule has 2 rings (SSSR count). The SMILES string of the molecule is Cc1ncsc1CCNC(C)c1ccco1. The van der Waals surface area contributed by atoms with Gasteiger partial charge in [-0.25, -0.2) is 4.98 Å². The lowest BCUT2D eigenvalue weighted by Crippen LogP contribution is -2.20. The van der Waals surface area contributed by atoms with Crippen LogP contribution in [-0.4, -0.2) is 11.5 Å². The fourth-order valence-electron chi connectivity index (χ4n) is 1.61. The summed E-state index contributed by atoms with van der Waals surface area (Å²) in [6.07, 6.45) is 2.74. The maximum atomic E-state index is 5.33. The number of furan rings is 1. The molecule has 4 heteroatoms. The van der Waals surface area contributed by atoms with Crippen LogP contribution in [0.5, 0.6) is 0 Å². The molecule has 3 nitrogen and oxygen atoms in total. The van der Waals surface area contributed by atoms with Crippen LogP contribution in [0, 0.1) is 6.92 Å². The fraction of sp³-hybridized carbons (Fsp3) is 0.417. The van der Waals surface area contributed by atoms with Gasteiger partial charge < -0.3 is 9.73 Å². The van der Waals surface area contributed by atoms with Crippen LogP contribution in [0.1, 0.15) is 29.3 Å². The molecular formula is C12H16N2OS. The number of nitrogens with one attached hydrogen (secondary N) is 1. The summed E-state index contributed by atoms with van der Waals surface area (Å²) in [5.41, 5.74) is 3.05. The summed E-state index contributed by atoms with van der Waals surface area (Å²) < 4.78 is 5.33.